The van der Waals surface area contributed by atoms with Crippen LogP contribution < -0.4 is 0 Å². The zero-order valence-corrected chi connectivity index (χ0v) is 13.3. The number of ether oxygens (including phenoxy) is 1. The number of aromatic nitrogens is 2. The molecule has 0 saturated carbocycles. The van der Waals surface area contributed by atoms with Crippen molar-refractivity contribution in [3.05, 3.63) is 29.6 Å². The van der Waals surface area contributed by atoms with Crippen LogP contribution in [-0.4, -0.2) is 29.1 Å². The van der Waals surface area contributed by atoms with Gasteiger partial charge in [-0.3, -0.25) is 0 Å². The van der Waals surface area contributed by atoms with Gasteiger partial charge in [0, 0.05) is 19.4 Å². The second-order valence-corrected chi connectivity index (χ2v) is 5.60. The molecule has 0 aliphatic carbocycles. The summed E-state index contributed by atoms with van der Waals surface area (Å²) in [7, 11) is 1.76. The van der Waals surface area contributed by atoms with Gasteiger partial charge in [0.2, 0.25) is 0 Å². The van der Waals surface area contributed by atoms with Crippen LogP contribution in [-0.2, 0) is 11.2 Å². The first-order chi connectivity index (χ1) is 9.71. The number of benzene rings is 1. The predicted molar refractivity (Wildman–Crippen MR) is 84.7 cm³/mol. The topological polar surface area (TPSA) is 27.1 Å². The molecule has 0 saturated heterocycles. The van der Waals surface area contributed by atoms with Crippen molar-refractivity contribution in [2.24, 2.45) is 0 Å². The molecule has 3 nitrogen and oxygen atoms in total. The van der Waals surface area contributed by atoms with Gasteiger partial charge in [0.05, 0.1) is 23.7 Å². The summed E-state index contributed by atoms with van der Waals surface area (Å²) in [4.78, 5) is 4.77. The zero-order chi connectivity index (χ0) is 14.5. The molecule has 2 rings (SSSR count). The lowest BCUT2D eigenvalue weighted by atomic mass is 10.1. The maximum absolute atomic E-state index is 5.94. The lowest BCUT2D eigenvalue weighted by Crippen LogP contribution is -2.17. The average molecular weight is 295 g/mol. The SMILES string of the molecule is CCCC(COC)n1c(CCCl)nc2cc(C)ccc21. The molecule has 2 aromatic rings. The number of hydrogen-bond acceptors (Lipinski definition) is 2. The third kappa shape index (κ3) is 3.15. The van der Waals surface area contributed by atoms with Gasteiger partial charge < -0.3 is 9.30 Å². The Kier molecular flexibility index (Phi) is 5.44. The molecule has 0 bridgehead atoms. The molecule has 0 spiro atoms. The first kappa shape index (κ1) is 15.3. The number of methoxy groups -OCH3 is 1. The molecule has 1 aromatic heterocycles. The first-order valence-corrected chi connectivity index (χ1v) is 7.77. The van der Waals surface area contributed by atoms with Gasteiger partial charge in [-0.15, -0.1) is 11.6 Å². The highest BCUT2D eigenvalue weighted by molar-refractivity contribution is 6.17. The summed E-state index contributed by atoms with van der Waals surface area (Å²) >= 11 is 5.94. The Bertz CT molecular complexity index is 559. The van der Waals surface area contributed by atoms with E-state index in [-0.39, 0.29) is 0 Å². The highest BCUT2D eigenvalue weighted by Crippen LogP contribution is 2.26. The molecule has 20 heavy (non-hydrogen) atoms. The van der Waals surface area contributed by atoms with Crippen molar-refractivity contribution in [2.75, 3.05) is 19.6 Å². The summed E-state index contributed by atoms with van der Waals surface area (Å²) in [5.74, 6) is 1.66. The Morgan fingerprint density at radius 1 is 1.40 bits per heavy atom. The summed E-state index contributed by atoms with van der Waals surface area (Å²) in [6.45, 7) is 5.01. The van der Waals surface area contributed by atoms with Crippen LogP contribution in [0.5, 0.6) is 0 Å². The van der Waals surface area contributed by atoms with Crippen molar-refractivity contribution in [3.63, 3.8) is 0 Å². The molecule has 0 fully saturated rings. The summed E-state index contributed by atoms with van der Waals surface area (Å²) in [5, 5.41) is 0. The van der Waals surface area contributed by atoms with E-state index in [0.717, 1.165) is 30.6 Å². The summed E-state index contributed by atoms with van der Waals surface area (Å²) in [5.41, 5.74) is 3.48. The molecule has 0 aliphatic heterocycles. The molecule has 0 N–H and O–H groups in total. The Labute approximate surface area is 125 Å². The average Bonchev–Trinajstić information content (AvgIpc) is 2.76. The molecule has 1 atom stereocenters. The maximum atomic E-state index is 5.94. The van der Waals surface area contributed by atoms with Crippen molar-refractivity contribution in [2.45, 2.75) is 39.2 Å². The van der Waals surface area contributed by atoms with Crippen LogP contribution in [0.1, 0.15) is 37.2 Å². The summed E-state index contributed by atoms with van der Waals surface area (Å²) in [6, 6.07) is 6.77. The molecule has 0 aliphatic rings. The Morgan fingerprint density at radius 3 is 2.85 bits per heavy atom. The zero-order valence-electron chi connectivity index (χ0n) is 12.5. The molecule has 1 unspecified atom stereocenters. The van der Waals surface area contributed by atoms with E-state index in [1.807, 2.05) is 0 Å². The van der Waals surface area contributed by atoms with E-state index >= 15 is 0 Å². The quantitative estimate of drug-likeness (QED) is 0.719. The number of hydrogen-bond donors (Lipinski definition) is 0. The van der Waals surface area contributed by atoms with E-state index in [1.165, 1.54) is 11.1 Å². The molecule has 4 heteroatoms. The minimum atomic E-state index is 0.330. The number of halogens is 1. The molecule has 0 radical (unpaired) electrons. The number of alkyl halides is 1. The number of fused-ring (bicyclic) bond motifs is 1. The Balaban J connectivity index is 2.53. The molecule has 110 valence electrons. The van der Waals surface area contributed by atoms with Gasteiger partial charge >= 0.3 is 0 Å². The molecule has 1 aromatic carbocycles. The monoisotopic (exact) mass is 294 g/mol. The predicted octanol–water partition coefficient (Wildman–Crippen LogP) is 4.11. The van der Waals surface area contributed by atoms with Crippen LogP contribution in [0.4, 0.5) is 0 Å². The molecule has 1 heterocycles. The lowest BCUT2D eigenvalue weighted by molar-refractivity contribution is 0.151. The smallest absolute Gasteiger partial charge is 0.111 e. The molecular weight excluding hydrogens is 272 g/mol. The number of imidazole rings is 1. The van der Waals surface area contributed by atoms with Crippen LogP contribution in [0.3, 0.4) is 0 Å². The first-order valence-electron chi connectivity index (χ1n) is 7.23. The fourth-order valence-electron chi connectivity index (χ4n) is 2.74. The van der Waals surface area contributed by atoms with Gasteiger partial charge in [-0.25, -0.2) is 4.98 Å². The lowest BCUT2D eigenvalue weighted by Gasteiger charge is -2.20. The van der Waals surface area contributed by atoms with Gasteiger partial charge in [-0.2, -0.15) is 0 Å². The van der Waals surface area contributed by atoms with Crippen molar-refractivity contribution >= 4 is 22.6 Å². The van der Waals surface area contributed by atoms with Gasteiger partial charge in [-0.05, 0) is 31.0 Å². The fraction of sp³-hybridized carbons (Fsp3) is 0.562. The van der Waals surface area contributed by atoms with Gasteiger partial charge in [0.25, 0.3) is 0 Å². The minimum absolute atomic E-state index is 0.330. The van der Waals surface area contributed by atoms with Crippen LogP contribution >= 0.6 is 11.6 Å². The number of rotatable bonds is 7. The van der Waals surface area contributed by atoms with Crippen molar-refractivity contribution in [1.82, 2.24) is 9.55 Å². The van der Waals surface area contributed by atoms with E-state index in [9.17, 15) is 0 Å². The summed E-state index contributed by atoms with van der Waals surface area (Å²) in [6.07, 6.45) is 3.00. The normalized spacial score (nSPS) is 13.0. The van der Waals surface area contributed by atoms with Crippen LogP contribution in [0.2, 0.25) is 0 Å². The third-order valence-electron chi connectivity index (χ3n) is 3.58. The van der Waals surface area contributed by atoms with E-state index in [0.29, 0.717) is 18.5 Å². The van der Waals surface area contributed by atoms with Crippen LogP contribution in [0.25, 0.3) is 11.0 Å². The summed E-state index contributed by atoms with van der Waals surface area (Å²) < 4.78 is 7.73. The van der Waals surface area contributed by atoms with Crippen LogP contribution in [0.15, 0.2) is 18.2 Å². The van der Waals surface area contributed by atoms with E-state index in [4.69, 9.17) is 21.3 Å². The standard InChI is InChI=1S/C16H23ClN2O/c1-4-5-13(11-20-3)19-15-7-6-12(2)10-14(15)18-16(19)8-9-17/h6-7,10,13H,4-5,8-9,11H2,1-3H3. The van der Waals surface area contributed by atoms with Gasteiger partial charge in [0.15, 0.2) is 0 Å². The largest absolute Gasteiger partial charge is 0.383 e. The maximum Gasteiger partial charge on any atom is 0.111 e. The number of nitrogens with zero attached hydrogens (tertiary/aromatic N) is 2. The van der Waals surface area contributed by atoms with Gasteiger partial charge in [0.1, 0.15) is 5.82 Å². The van der Waals surface area contributed by atoms with Crippen molar-refractivity contribution < 1.29 is 4.74 Å². The molecular formula is C16H23ClN2O. The van der Waals surface area contributed by atoms with Crippen molar-refractivity contribution in [3.8, 4) is 0 Å². The second-order valence-electron chi connectivity index (χ2n) is 5.23. The Hall–Kier alpha value is -1.06. The fourth-order valence-corrected chi connectivity index (χ4v) is 2.91. The Morgan fingerprint density at radius 2 is 2.20 bits per heavy atom. The van der Waals surface area contributed by atoms with Crippen molar-refractivity contribution in [1.29, 1.82) is 0 Å². The van der Waals surface area contributed by atoms with Crippen LogP contribution in [0, 0.1) is 6.92 Å². The van der Waals surface area contributed by atoms with E-state index < -0.39 is 0 Å². The van der Waals surface area contributed by atoms with E-state index in [2.05, 4.69) is 36.6 Å². The minimum Gasteiger partial charge on any atom is -0.383 e. The second kappa shape index (κ2) is 7.09. The number of aryl methyl sites for hydroxylation is 2. The highest BCUT2D eigenvalue weighted by Gasteiger charge is 2.18. The highest BCUT2D eigenvalue weighted by atomic mass is 35.5. The third-order valence-corrected chi connectivity index (χ3v) is 3.77. The van der Waals surface area contributed by atoms with Gasteiger partial charge in [-0.1, -0.05) is 19.4 Å². The van der Waals surface area contributed by atoms with E-state index in [1.54, 1.807) is 7.11 Å². The molecule has 0 amide bonds.